The predicted octanol–water partition coefficient (Wildman–Crippen LogP) is 5.09. The van der Waals surface area contributed by atoms with E-state index in [1.807, 2.05) is 18.2 Å². The van der Waals surface area contributed by atoms with Gasteiger partial charge in [-0.25, -0.2) is 4.98 Å². The van der Waals surface area contributed by atoms with Crippen molar-refractivity contribution in [3.8, 4) is 11.1 Å². The maximum absolute atomic E-state index is 6.40. The third-order valence-corrected chi connectivity index (χ3v) is 4.62. The second kappa shape index (κ2) is 4.97. The van der Waals surface area contributed by atoms with Crippen LogP contribution in [0.3, 0.4) is 0 Å². The van der Waals surface area contributed by atoms with Gasteiger partial charge in [-0.05, 0) is 36.0 Å². The molecule has 2 unspecified atom stereocenters. The third kappa shape index (κ3) is 2.28. The van der Waals surface area contributed by atoms with Crippen LogP contribution < -0.4 is 0 Å². The first-order valence-corrected chi connectivity index (χ1v) is 7.29. The number of aryl methyl sites for hydroxylation is 1. The first-order chi connectivity index (χ1) is 9.16. The molecule has 0 radical (unpaired) electrons. The average Bonchev–Trinajstić information content (AvgIpc) is 2.44. The van der Waals surface area contributed by atoms with E-state index in [1.54, 1.807) is 0 Å². The van der Waals surface area contributed by atoms with E-state index in [0.717, 1.165) is 17.5 Å². The number of halogens is 1. The van der Waals surface area contributed by atoms with Gasteiger partial charge in [0.05, 0.1) is 0 Å². The van der Waals surface area contributed by atoms with Gasteiger partial charge in [0.2, 0.25) is 0 Å². The number of nitrogens with zero attached hydrogens (tertiary/aromatic N) is 1. The normalized spacial score (nSPS) is 22.1. The van der Waals surface area contributed by atoms with Crippen molar-refractivity contribution in [1.82, 2.24) is 4.98 Å². The third-order valence-electron chi connectivity index (χ3n) is 4.33. The molecule has 1 heterocycles. The molecule has 1 aliphatic rings. The van der Waals surface area contributed by atoms with Gasteiger partial charge in [0.15, 0.2) is 0 Å². The highest BCUT2D eigenvalue weighted by Crippen LogP contribution is 2.38. The Bertz CT molecular complexity index is 592. The van der Waals surface area contributed by atoms with Crippen LogP contribution in [0.25, 0.3) is 11.1 Å². The monoisotopic (exact) mass is 271 g/mol. The molecule has 98 valence electrons. The molecule has 0 spiro atoms. The Morgan fingerprint density at radius 1 is 1.16 bits per heavy atom. The van der Waals surface area contributed by atoms with E-state index < -0.39 is 0 Å². The first-order valence-electron chi connectivity index (χ1n) is 6.91. The van der Waals surface area contributed by atoms with Gasteiger partial charge in [0.25, 0.3) is 0 Å². The maximum atomic E-state index is 6.40. The molecule has 0 fully saturated rings. The molecule has 0 amide bonds. The van der Waals surface area contributed by atoms with E-state index in [-0.39, 0.29) is 0 Å². The fourth-order valence-corrected chi connectivity index (χ4v) is 3.12. The molecule has 3 rings (SSSR count). The summed E-state index contributed by atoms with van der Waals surface area (Å²) in [5.41, 5.74) is 4.77. The van der Waals surface area contributed by atoms with Crippen LogP contribution in [0.2, 0.25) is 5.15 Å². The molecule has 1 nitrogen and oxygen atoms in total. The van der Waals surface area contributed by atoms with Crippen molar-refractivity contribution in [3.05, 3.63) is 52.8 Å². The van der Waals surface area contributed by atoms with Gasteiger partial charge in [-0.2, -0.15) is 0 Å². The molecule has 2 heteroatoms. The van der Waals surface area contributed by atoms with Crippen molar-refractivity contribution in [2.45, 2.75) is 32.6 Å². The molecule has 2 aromatic rings. The number of hydrogen-bond acceptors (Lipinski definition) is 1. The summed E-state index contributed by atoms with van der Waals surface area (Å²) in [6.07, 6.45) is 2.36. The lowest BCUT2D eigenvalue weighted by Crippen LogP contribution is -2.17. The average molecular weight is 272 g/mol. The Morgan fingerprint density at radius 3 is 2.63 bits per heavy atom. The van der Waals surface area contributed by atoms with Gasteiger partial charge in [0, 0.05) is 17.2 Å². The minimum absolute atomic E-state index is 0.506. The van der Waals surface area contributed by atoms with Gasteiger partial charge in [-0.1, -0.05) is 55.8 Å². The second-order valence-electron chi connectivity index (χ2n) is 5.54. The minimum atomic E-state index is 0.506. The molecular formula is C17H18ClN. The van der Waals surface area contributed by atoms with E-state index in [2.05, 4.69) is 37.0 Å². The predicted molar refractivity (Wildman–Crippen MR) is 80.6 cm³/mol. The second-order valence-corrected chi connectivity index (χ2v) is 5.90. The van der Waals surface area contributed by atoms with Crippen LogP contribution in [-0.2, 0) is 6.42 Å². The largest absolute Gasteiger partial charge is 0.240 e. The standard InChI is InChI=1S/C17H18ClN/c1-11-8-9-14-10-15(13-6-4-3-5-7-13)17(18)19-16(14)12(11)2/h3-7,10-12H,8-9H2,1-2H3. The zero-order chi connectivity index (χ0) is 13.4. The van der Waals surface area contributed by atoms with E-state index in [0.29, 0.717) is 17.0 Å². The van der Waals surface area contributed by atoms with Gasteiger partial charge in [0.1, 0.15) is 5.15 Å². The van der Waals surface area contributed by atoms with Crippen LogP contribution >= 0.6 is 11.6 Å². The molecule has 2 atom stereocenters. The molecule has 1 aromatic carbocycles. The van der Waals surface area contributed by atoms with Crippen LogP contribution in [0.5, 0.6) is 0 Å². The molecule has 0 N–H and O–H groups in total. The summed E-state index contributed by atoms with van der Waals surface area (Å²) < 4.78 is 0. The smallest absolute Gasteiger partial charge is 0.137 e. The number of fused-ring (bicyclic) bond motifs is 1. The van der Waals surface area contributed by atoms with E-state index in [1.165, 1.54) is 17.7 Å². The van der Waals surface area contributed by atoms with Gasteiger partial charge in [-0.15, -0.1) is 0 Å². The van der Waals surface area contributed by atoms with Crippen LogP contribution in [0.15, 0.2) is 36.4 Å². The minimum Gasteiger partial charge on any atom is -0.240 e. The molecule has 0 saturated heterocycles. The highest BCUT2D eigenvalue weighted by Gasteiger charge is 2.25. The van der Waals surface area contributed by atoms with Crippen molar-refractivity contribution >= 4 is 11.6 Å². The highest BCUT2D eigenvalue weighted by molar-refractivity contribution is 6.32. The van der Waals surface area contributed by atoms with Crippen LogP contribution in [-0.4, -0.2) is 4.98 Å². The summed E-state index contributed by atoms with van der Waals surface area (Å²) in [5, 5.41) is 0.630. The molecular weight excluding hydrogens is 254 g/mol. The zero-order valence-corrected chi connectivity index (χ0v) is 12.1. The molecule has 0 bridgehead atoms. The van der Waals surface area contributed by atoms with Crippen molar-refractivity contribution in [1.29, 1.82) is 0 Å². The fourth-order valence-electron chi connectivity index (χ4n) is 2.86. The highest BCUT2D eigenvalue weighted by atomic mass is 35.5. The van der Waals surface area contributed by atoms with Crippen molar-refractivity contribution in [3.63, 3.8) is 0 Å². The first kappa shape index (κ1) is 12.7. The number of rotatable bonds is 1. The van der Waals surface area contributed by atoms with Crippen molar-refractivity contribution in [2.75, 3.05) is 0 Å². The van der Waals surface area contributed by atoms with Crippen LogP contribution in [0.4, 0.5) is 0 Å². The topological polar surface area (TPSA) is 12.9 Å². The lowest BCUT2D eigenvalue weighted by Gasteiger charge is -2.28. The number of benzene rings is 1. The van der Waals surface area contributed by atoms with E-state index in [9.17, 15) is 0 Å². The lowest BCUT2D eigenvalue weighted by molar-refractivity contribution is 0.417. The van der Waals surface area contributed by atoms with E-state index >= 15 is 0 Å². The van der Waals surface area contributed by atoms with Gasteiger partial charge in [-0.3, -0.25) is 0 Å². The Kier molecular flexibility index (Phi) is 3.32. The Labute approximate surface area is 119 Å². The number of hydrogen-bond donors (Lipinski definition) is 0. The summed E-state index contributed by atoms with van der Waals surface area (Å²) >= 11 is 6.40. The quantitative estimate of drug-likeness (QED) is 0.659. The number of aromatic nitrogens is 1. The summed E-state index contributed by atoms with van der Waals surface area (Å²) in [6, 6.07) is 12.5. The fraction of sp³-hybridized carbons (Fsp3) is 0.353. The van der Waals surface area contributed by atoms with Crippen LogP contribution in [0.1, 0.15) is 37.4 Å². The number of pyridine rings is 1. The Hall–Kier alpha value is -1.34. The zero-order valence-electron chi connectivity index (χ0n) is 11.4. The Morgan fingerprint density at radius 2 is 1.89 bits per heavy atom. The maximum Gasteiger partial charge on any atom is 0.137 e. The SMILES string of the molecule is CC1CCc2cc(-c3ccccc3)c(Cl)nc2C1C. The van der Waals surface area contributed by atoms with Crippen molar-refractivity contribution < 1.29 is 0 Å². The molecule has 1 aliphatic carbocycles. The molecule has 19 heavy (non-hydrogen) atoms. The molecule has 0 aliphatic heterocycles. The summed E-state index contributed by atoms with van der Waals surface area (Å²) in [5.74, 6) is 1.20. The molecule has 0 saturated carbocycles. The molecule has 1 aromatic heterocycles. The summed E-state index contributed by atoms with van der Waals surface area (Å²) in [7, 11) is 0. The van der Waals surface area contributed by atoms with E-state index in [4.69, 9.17) is 11.6 Å². The van der Waals surface area contributed by atoms with Crippen molar-refractivity contribution in [2.24, 2.45) is 5.92 Å². The van der Waals surface area contributed by atoms with Gasteiger partial charge < -0.3 is 0 Å². The van der Waals surface area contributed by atoms with Gasteiger partial charge >= 0.3 is 0 Å². The lowest BCUT2D eigenvalue weighted by atomic mass is 9.79. The van der Waals surface area contributed by atoms with Crippen LogP contribution in [0, 0.1) is 5.92 Å². The summed E-state index contributed by atoms with van der Waals surface area (Å²) in [6.45, 7) is 4.56. The Balaban J connectivity index is 2.11. The summed E-state index contributed by atoms with van der Waals surface area (Å²) in [4.78, 5) is 4.69.